The van der Waals surface area contributed by atoms with E-state index in [1.165, 1.54) is 28.8 Å². The lowest BCUT2D eigenvalue weighted by molar-refractivity contribution is 0.272. The number of phenolic OH excluding ortho intramolecular Hbond substituents is 2. The maximum absolute atomic E-state index is 9.95. The Hall–Kier alpha value is -1.74. The van der Waals surface area contributed by atoms with Crippen molar-refractivity contribution in [2.24, 2.45) is 0 Å². The van der Waals surface area contributed by atoms with E-state index < -0.39 is 15.6 Å². The van der Waals surface area contributed by atoms with Gasteiger partial charge in [-0.1, -0.05) is 6.07 Å². The lowest BCUT2D eigenvalue weighted by Crippen LogP contribution is -1.94. The van der Waals surface area contributed by atoms with Gasteiger partial charge in [-0.3, -0.25) is 0 Å². The summed E-state index contributed by atoms with van der Waals surface area (Å²) in [5.74, 6) is 0.358. The van der Waals surface area contributed by atoms with E-state index in [1.54, 1.807) is 6.07 Å². The quantitative estimate of drug-likeness (QED) is 0.241. The molecule has 2 aromatic carbocycles. The molecule has 0 aliphatic heterocycles. The third kappa shape index (κ3) is 10.6. The highest BCUT2D eigenvalue weighted by atomic mass is 31.2. The van der Waals surface area contributed by atoms with Crippen molar-refractivity contribution in [1.29, 1.82) is 0 Å². The van der Waals surface area contributed by atoms with Gasteiger partial charge in [0.05, 0.1) is 0 Å². The predicted molar refractivity (Wildman–Crippen MR) is 103 cm³/mol. The maximum atomic E-state index is 9.95. The molecule has 0 radical (unpaired) electrons. The van der Waals surface area contributed by atoms with Crippen molar-refractivity contribution >= 4 is 15.6 Å². The number of benzene rings is 2. The van der Waals surface area contributed by atoms with Gasteiger partial charge in [-0.15, -0.1) is 0 Å². The Balaban J connectivity index is 0.000000607. The zero-order valence-electron chi connectivity index (χ0n) is 15.6. The minimum atomic E-state index is -4.64. The molecule has 0 aliphatic carbocycles. The van der Waals surface area contributed by atoms with Crippen molar-refractivity contribution in [3.63, 3.8) is 0 Å². The molecule has 0 atom stereocenters. The molecule has 0 aliphatic rings. The summed E-state index contributed by atoms with van der Waals surface area (Å²) in [5.41, 5.74) is 6.49. The molecule has 0 fully saturated rings. The van der Waals surface area contributed by atoms with E-state index >= 15 is 0 Å². The summed E-state index contributed by atoms with van der Waals surface area (Å²) in [6, 6.07) is 6.68. The first-order valence-electron chi connectivity index (χ1n) is 7.58. The number of aromatic hydroxyl groups is 2. The topological polar surface area (TPSA) is 196 Å². The molecule has 158 valence electrons. The minimum absolute atomic E-state index is 0.165. The van der Waals surface area contributed by atoms with Crippen LogP contribution in [0.1, 0.15) is 22.3 Å². The van der Waals surface area contributed by atoms with Crippen molar-refractivity contribution in [3.05, 3.63) is 46.5 Å². The molecule has 0 unspecified atom stereocenters. The number of phosphoric acid groups is 2. The standard InChI is InChI=1S/C16H18O2.2H3O4P/c1-9-7-14(12(4)11(3)10(9)2)15-8-13(17)5-6-16(15)18;2*1-5(2,3)4/h5-8,17-18H,1-4H3;2*(H3,1,2,3,4). The highest BCUT2D eigenvalue weighted by Gasteiger charge is 2.12. The van der Waals surface area contributed by atoms with Crippen molar-refractivity contribution in [1.82, 2.24) is 0 Å². The van der Waals surface area contributed by atoms with E-state index in [4.69, 9.17) is 38.5 Å². The van der Waals surface area contributed by atoms with Gasteiger partial charge in [-0.25, -0.2) is 9.13 Å². The predicted octanol–water partition coefficient (Wildman–Crippen LogP) is 2.14. The third-order valence-electron chi connectivity index (χ3n) is 3.75. The molecular weight excluding hydrogens is 414 g/mol. The van der Waals surface area contributed by atoms with Gasteiger partial charge in [-0.05, 0) is 73.7 Å². The van der Waals surface area contributed by atoms with Crippen LogP contribution < -0.4 is 0 Å². The maximum Gasteiger partial charge on any atom is 0.466 e. The molecule has 0 saturated carbocycles. The Bertz CT molecular complexity index is 878. The van der Waals surface area contributed by atoms with Crippen LogP contribution in [0.2, 0.25) is 0 Å². The Kier molecular flexibility index (Phi) is 9.52. The number of phenols is 2. The van der Waals surface area contributed by atoms with Gasteiger partial charge in [0.2, 0.25) is 0 Å². The van der Waals surface area contributed by atoms with Crippen molar-refractivity contribution in [2.45, 2.75) is 27.7 Å². The van der Waals surface area contributed by atoms with Crippen molar-refractivity contribution < 1.29 is 48.7 Å². The van der Waals surface area contributed by atoms with Crippen LogP contribution in [0.25, 0.3) is 11.1 Å². The van der Waals surface area contributed by atoms with E-state index in [1.807, 2.05) is 6.92 Å². The highest BCUT2D eigenvalue weighted by Crippen LogP contribution is 2.36. The van der Waals surface area contributed by atoms with Gasteiger partial charge in [0.1, 0.15) is 11.5 Å². The number of hydrogen-bond acceptors (Lipinski definition) is 4. The Labute approximate surface area is 161 Å². The van der Waals surface area contributed by atoms with Crippen LogP contribution in [0, 0.1) is 27.7 Å². The second-order valence-corrected chi connectivity index (χ2v) is 7.90. The van der Waals surface area contributed by atoms with Crippen LogP contribution in [0.3, 0.4) is 0 Å². The third-order valence-corrected chi connectivity index (χ3v) is 3.75. The summed E-state index contributed by atoms with van der Waals surface area (Å²) in [7, 11) is -9.28. The highest BCUT2D eigenvalue weighted by molar-refractivity contribution is 7.45. The molecule has 0 bridgehead atoms. The largest absolute Gasteiger partial charge is 0.508 e. The molecule has 0 amide bonds. The van der Waals surface area contributed by atoms with Crippen LogP contribution in [-0.4, -0.2) is 39.6 Å². The fourth-order valence-electron chi connectivity index (χ4n) is 2.23. The fourth-order valence-corrected chi connectivity index (χ4v) is 2.23. The van der Waals surface area contributed by atoms with E-state index in [0.29, 0.717) is 5.56 Å². The molecule has 10 nitrogen and oxygen atoms in total. The number of rotatable bonds is 1. The molecule has 2 aromatic rings. The average Bonchev–Trinajstić information content (AvgIpc) is 2.48. The van der Waals surface area contributed by atoms with Crippen LogP contribution in [0.4, 0.5) is 0 Å². The second-order valence-electron chi connectivity index (χ2n) is 5.84. The zero-order chi connectivity index (χ0) is 22.4. The number of hydrogen-bond donors (Lipinski definition) is 8. The molecule has 0 saturated heterocycles. The lowest BCUT2D eigenvalue weighted by Gasteiger charge is -2.15. The first-order chi connectivity index (χ1) is 12.4. The summed E-state index contributed by atoms with van der Waals surface area (Å²) in [6.45, 7) is 8.29. The summed E-state index contributed by atoms with van der Waals surface area (Å²) >= 11 is 0. The smallest absolute Gasteiger partial charge is 0.466 e. The van der Waals surface area contributed by atoms with Gasteiger partial charge in [0.15, 0.2) is 0 Å². The van der Waals surface area contributed by atoms with Crippen molar-refractivity contribution in [3.8, 4) is 22.6 Å². The first kappa shape index (κ1) is 26.3. The zero-order valence-corrected chi connectivity index (χ0v) is 17.4. The van der Waals surface area contributed by atoms with E-state index in [9.17, 15) is 10.2 Å². The second kappa shape index (κ2) is 10.2. The van der Waals surface area contributed by atoms with Crippen LogP contribution in [-0.2, 0) is 9.13 Å². The molecule has 12 heteroatoms. The first-order valence-corrected chi connectivity index (χ1v) is 10.7. The van der Waals surface area contributed by atoms with Gasteiger partial charge >= 0.3 is 15.6 Å². The molecule has 8 N–H and O–H groups in total. The van der Waals surface area contributed by atoms with Gasteiger partial charge < -0.3 is 39.6 Å². The normalized spacial score (nSPS) is 11.1. The monoisotopic (exact) mass is 438 g/mol. The van der Waals surface area contributed by atoms with E-state index in [2.05, 4.69) is 26.8 Å². The Morgan fingerprint density at radius 2 is 1.07 bits per heavy atom. The molecule has 0 heterocycles. The molecule has 28 heavy (non-hydrogen) atoms. The van der Waals surface area contributed by atoms with E-state index in [0.717, 1.165) is 11.1 Å². The fraction of sp³-hybridized carbons (Fsp3) is 0.250. The summed E-state index contributed by atoms with van der Waals surface area (Å²) < 4.78 is 17.8. The molecule has 0 spiro atoms. The summed E-state index contributed by atoms with van der Waals surface area (Å²) in [5, 5.41) is 19.5. The van der Waals surface area contributed by atoms with Gasteiger partial charge in [0, 0.05) is 5.56 Å². The van der Waals surface area contributed by atoms with Crippen molar-refractivity contribution in [2.75, 3.05) is 0 Å². The molecular formula is C16H24O10P2. The van der Waals surface area contributed by atoms with Gasteiger partial charge in [-0.2, -0.15) is 0 Å². The SMILES string of the molecule is Cc1cc(-c2cc(O)ccc2O)c(C)c(C)c1C.O=P(O)(O)O.O=P(O)(O)O. The Morgan fingerprint density at radius 3 is 1.50 bits per heavy atom. The van der Waals surface area contributed by atoms with Crippen LogP contribution in [0.15, 0.2) is 24.3 Å². The molecule has 0 aromatic heterocycles. The van der Waals surface area contributed by atoms with Crippen LogP contribution in [0.5, 0.6) is 11.5 Å². The van der Waals surface area contributed by atoms with E-state index in [-0.39, 0.29) is 11.5 Å². The average molecular weight is 438 g/mol. The lowest BCUT2D eigenvalue weighted by atomic mass is 9.90. The van der Waals surface area contributed by atoms with Gasteiger partial charge in [0.25, 0.3) is 0 Å². The minimum Gasteiger partial charge on any atom is -0.508 e. The van der Waals surface area contributed by atoms with Crippen LogP contribution >= 0.6 is 15.6 Å². The summed E-state index contributed by atoms with van der Waals surface area (Å²) in [6.07, 6.45) is 0. The Morgan fingerprint density at radius 1 is 0.643 bits per heavy atom. The number of aryl methyl sites for hydroxylation is 1. The molecule has 2 rings (SSSR count). The summed E-state index contributed by atoms with van der Waals surface area (Å²) in [4.78, 5) is 43.1.